The molecule has 3 aromatic rings. The smallest absolute Gasteiger partial charge is 0.255 e. The Labute approximate surface area is 202 Å². The fourth-order valence-electron chi connectivity index (χ4n) is 5.27. The Hall–Kier alpha value is -3.68. The van der Waals surface area contributed by atoms with Crippen LogP contribution in [0.25, 0.3) is 11.4 Å². The lowest BCUT2D eigenvalue weighted by atomic mass is 9.77. The number of carbonyl (C=O) groups is 2. The van der Waals surface area contributed by atoms with Crippen molar-refractivity contribution >= 4 is 11.8 Å². The molecule has 6 nitrogen and oxygen atoms in total. The quantitative estimate of drug-likeness (QED) is 0.614. The molecule has 5 rings (SSSR count). The van der Waals surface area contributed by atoms with E-state index < -0.39 is 17.0 Å². The number of hydrogen-bond donors (Lipinski definition) is 1. The Morgan fingerprint density at radius 2 is 1.63 bits per heavy atom. The summed E-state index contributed by atoms with van der Waals surface area (Å²) in [7, 11) is 1.83. The zero-order valence-electron chi connectivity index (χ0n) is 20.1. The van der Waals surface area contributed by atoms with E-state index in [1.807, 2.05) is 38.2 Å². The molecule has 1 N–H and O–H groups in total. The highest BCUT2D eigenvalue weighted by atomic mass is 19.1. The van der Waals surface area contributed by atoms with Crippen LogP contribution >= 0.6 is 0 Å². The van der Waals surface area contributed by atoms with Crippen LogP contribution in [0, 0.1) is 11.6 Å². The summed E-state index contributed by atoms with van der Waals surface area (Å²) in [6.45, 7) is 6.25. The summed E-state index contributed by atoms with van der Waals surface area (Å²) < 4.78 is 28.9. The zero-order chi connectivity index (χ0) is 25.1. The summed E-state index contributed by atoms with van der Waals surface area (Å²) >= 11 is 0. The molecule has 0 spiro atoms. The number of aromatic nitrogens is 2. The van der Waals surface area contributed by atoms with Gasteiger partial charge in [0.1, 0.15) is 11.6 Å². The summed E-state index contributed by atoms with van der Waals surface area (Å²) in [6, 6.07) is 11.3. The minimum atomic E-state index is -0.764. The van der Waals surface area contributed by atoms with Gasteiger partial charge >= 0.3 is 0 Å². The van der Waals surface area contributed by atoms with Crippen LogP contribution in [0.3, 0.4) is 0 Å². The third-order valence-electron chi connectivity index (χ3n) is 7.32. The van der Waals surface area contributed by atoms with Crippen molar-refractivity contribution in [2.45, 2.75) is 51.1 Å². The fourth-order valence-corrected chi connectivity index (χ4v) is 5.27. The summed E-state index contributed by atoms with van der Waals surface area (Å²) in [6.07, 6.45) is 0.976. The van der Waals surface area contributed by atoms with Crippen LogP contribution in [0.1, 0.15) is 60.1 Å². The minimum Gasteiger partial charge on any atom is -0.346 e. The van der Waals surface area contributed by atoms with E-state index in [-0.39, 0.29) is 41.7 Å². The highest BCUT2D eigenvalue weighted by Crippen LogP contribution is 2.43. The predicted octanol–water partition coefficient (Wildman–Crippen LogP) is 4.15. The van der Waals surface area contributed by atoms with E-state index in [1.165, 1.54) is 6.07 Å². The van der Waals surface area contributed by atoms with E-state index in [0.29, 0.717) is 23.4 Å². The Balaban J connectivity index is 1.51. The van der Waals surface area contributed by atoms with Gasteiger partial charge in [-0.25, -0.2) is 18.7 Å². The lowest BCUT2D eigenvalue weighted by Gasteiger charge is -2.26. The molecular weight excluding hydrogens is 450 g/mol. The lowest BCUT2D eigenvalue weighted by Crippen LogP contribution is -2.38. The Morgan fingerprint density at radius 3 is 2.23 bits per heavy atom. The molecule has 0 unspecified atom stereocenters. The van der Waals surface area contributed by atoms with Gasteiger partial charge in [0.15, 0.2) is 5.82 Å². The molecule has 1 atom stereocenters. The maximum atomic E-state index is 14.4. The lowest BCUT2D eigenvalue weighted by molar-refractivity contribution is -0.132. The van der Waals surface area contributed by atoms with Crippen molar-refractivity contribution in [2.75, 3.05) is 7.05 Å². The van der Waals surface area contributed by atoms with E-state index in [4.69, 9.17) is 0 Å². The summed E-state index contributed by atoms with van der Waals surface area (Å²) in [5, 5.41) is 2.72. The molecule has 2 aromatic carbocycles. The average Bonchev–Trinajstić information content (AvgIpc) is 3.25. The number of hydrogen-bond acceptors (Lipinski definition) is 4. The van der Waals surface area contributed by atoms with Gasteiger partial charge in [-0.05, 0) is 50.5 Å². The average molecular weight is 477 g/mol. The Bertz CT molecular complexity index is 1350. The molecule has 35 heavy (non-hydrogen) atoms. The molecule has 0 aliphatic carbocycles. The van der Waals surface area contributed by atoms with Crippen molar-refractivity contribution in [1.29, 1.82) is 0 Å². The zero-order valence-corrected chi connectivity index (χ0v) is 20.1. The van der Waals surface area contributed by atoms with Gasteiger partial charge in [-0.2, -0.15) is 0 Å². The fraction of sp³-hybridized carbons (Fsp3) is 0.333. The van der Waals surface area contributed by atoms with Gasteiger partial charge in [0, 0.05) is 19.0 Å². The Kier molecular flexibility index (Phi) is 5.23. The molecule has 180 valence electrons. The van der Waals surface area contributed by atoms with Crippen molar-refractivity contribution in [3.63, 3.8) is 0 Å². The van der Waals surface area contributed by atoms with Crippen LogP contribution in [-0.4, -0.2) is 39.3 Å². The van der Waals surface area contributed by atoms with Crippen LogP contribution in [0.4, 0.5) is 8.78 Å². The van der Waals surface area contributed by atoms with Gasteiger partial charge in [0.25, 0.3) is 5.91 Å². The number of benzene rings is 2. The summed E-state index contributed by atoms with van der Waals surface area (Å²) in [4.78, 5) is 36.0. The maximum Gasteiger partial charge on any atom is 0.255 e. The topological polar surface area (TPSA) is 75.2 Å². The molecule has 3 heterocycles. The van der Waals surface area contributed by atoms with Gasteiger partial charge in [0.05, 0.1) is 34.5 Å². The van der Waals surface area contributed by atoms with Gasteiger partial charge in [-0.1, -0.05) is 30.3 Å². The number of rotatable bonds is 4. The number of likely N-dealkylation sites (N-methyl/N-ethyl adjacent to an activating group) is 1. The normalized spacial score (nSPS) is 20.8. The standard InChI is InChI=1S/C27H26F2N4O2/c1-26(2)14-27(3,25(35)33(26)4)16-10-8-15(9-11-16)12-19-22-20(13-30-24(22)34)32-23(31-19)21-17(28)6-5-7-18(21)29/h5-11H,12-14H2,1-4H3,(H,30,34)/t27-/m1/s1. The molecule has 2 aliphatic rings. The molecule has 8 heteroatoms. The minimum absolute atomic E-state index is 0.0806. The molecular formula is C27H26F2N4O2. The van der Waals surface area contributed by atoms with Crippen molar-refractivity contribution in [3.05, 3.63) is 82.2 Å². The van der Waals surface area contributed by atoms with E-state index in [0.717, 1.165) is 23.3 Å². The largest absolute Gasteiger partial charge is 0.346 e. The SMILES string of the molecule is CN1C(=O)[C@@](C)(c2ccc(Cc3nc(-c4c(F)cccc4F)nc4c3C(=O)NC4)cc2)CC1(C)C. The molecule has 1 fully saturated rings. The summed E-state index contributed by atoms with van der Waals surface area (Å²) in [5.41, 5.74) is 1.77. The maximum absolute atomic E-state index is 14.4. The number of amides is 2. The van der Waals surface area contributed by atoms with E-state index in [9.17, 15) is 18.4 Å². The predicted molar refractivity (Wildman–Crippen MR) is 127 cm³/mol. The highest BCUT2D eigenvalue weighted by molar-refractivity contribution is 5.99. The second kappa shape index (κ2) is 7.93. The molecule has 2 aliphatic heterocycles. The van der Waals surface area contributed by atoms with Crippen molar-refractivity contribution < 1.29 is 18.4 Å². The Morgan fingerprint density at radius 1 is 0.971 bits per heavy atom. The third kappa shape index (κ3) is 3.68. The molecule has 1 saturated heterocycles. The van der Waals surface area contributed by atoms with Crippen LogP contribution in [0.5, 0.6) is 0 Å². The third-order valence-corrected chi connectivity index (χ3v) is 7.32. The molecule has 1 aromatic heterocycles. The first-order valence-electron chi connectivity index (χ1n) is 11.5. The summed E-state index contributed by atoms with van der Waals surface area (Å²) in [5.74, 6) is -1.84. The molecule has 2 amide bonds. The van der Waals surface area contributed by atoms with E-state index in [2.05, 4.69) is 29.1 Å². The van der Waals surface area contributed by atoms with Gasteiger partial charge < -0.3 is 10.2 Å². The molecule has 0 saturated carbocycles. The van der Waals surface area contributed by atoms with Crippen molar-refractivity contribution in [1.82, 2.24) is 20.2 Å². The van der Waals surface area contributed by atoms with Gasteiger partial charge in [0.2, 0.25) is 5.91 Å². The van der Waals surface area contributed by atoms with Crippen LogP contribution in [-0.2, 0) is 23.2 Å². The second-order valence-corrected chi connectivity index (χ2v) is 10.2. The number of nitrogens with one attached hydrogen (secondary N) is 1. The number of nitrogens with zero attached hydrogens (tertiary/aromatic N) is 3. The number of halogens is 2. The van der Waals surface area contributed by atoms with Crippen LogP contribution < -0.4 is 5.32 Å². The molecule has 0 radical (unpaired) electrons. The van der Waals surface area contributed by atoms with E-state index in [1.54, 1.807) is 4.90 Å². The number of likely N-dealkylation sites (tertiary alicyclic amines) is 1. The highest BCUT2D eigenvalue weighted by Gasteiger charge is 2.51. The number of carbonyl (C=O) groups excluding carboxylic acids is 2. The van der Waals surface area contributed by atoms with Crippen LogP contribution in [0.15, 0.2) is 42.5 Å². The van der Waals surface area contributed by atoms with Crippen molar-refractivity contribution in [3.8, 4) is 11.4 Å². The first-order valence-corrected chi connectivity index (χ1v) is 11.5. The number of fused-ring (bicyclic) bond motifs is 1. The second-order valence-electron chi connectivity index (χ2n) is 10.2. The first kappa shape index (κ1) is 23.1. The van der Waals surface area contributed by atoms with Gasteiger partial charge in [-0.15, -0.1) is 0 Å². The van der Waals surface area contributed by atoms with E-state index >= 15 is 0 Å². The van der Waals surface area contributed by atoms with Crippen LogP contribution in [0.2, 0.25) is 0 Å². The van der Waals surface area contributed by atoms with Gasteiger partial charge in [-0.3, -0.25) is 9.59 Å². The van der Waals surface area contributed by atoms with Crippen molar-refractivity contribution in [2.24, 2.45) is 0 Å². The first-order chi connectivity index (χ1) is 16.5. The molecule has 0 bridgehead atoms. The monoisotopic (exact) mass is 476 g/mol.